The van der Waals surface area contributed by atoms with E-state index < -0.39 is 5.60 Å². The maximum Gasteiger partial charge on any atom is 0.415 e. The first-order chi connectivity index (χ1) is 18.9. The molecule has 0 aliphatic carbocycles. The van der Waals surface area contributed by atoms with Crippen LogP contribution in [0.2, 0.25) is 0 Å². The summed E-state index contributed by atoms with van der Waals surface area (Å²) in [6.07, 6.45) is 3.74. The predicted molar refractivity (Wildman–Crippen MR) is 155 cm³/mol. The van der Waals surface area contributed by atoms with Gasteiger partial charge in [0.1, 0.15) is 18.0 Å². The average Bonchev–Trinajstić information content (AvgIpc) is 3.48. The van der Waals surface area contributed by atoms with Gasteiger partial charge in [0.05, 0.1) is 12.1 Å². The summed E-state index contributed by atoms with van der Waals surface area (Å²) in [5.41, 5.74) is 5.33. The van der Waals surface area contributed by atoms with E-state index in [4.69, 9.17) is 9.47 Å². The van der Waals surface area contributed by atoms with Gasteiger partial charge >= 0.3 is 6.09 Å². The lowest BCUT2D eigenvalue weighted by atomic mass is 9.91. The van der Waals surface area contributed by atoms with Crippen molar-refractivity contribution >= 4 is 22.7 Å². The Morgan fingerprint density at radius 1 is 0.949 bits per heavy atom. The lowest BCUT2D eigenvalue weighted by Gasteiger charge is -2.37. The SMILES string of the molecule is Cc1ccc(N2CC3(CCN(Cc4cn(C(C)C)c5cccc(OCc6ccccc6)c45)CC3)OC2=O)cc1. The Bertz CT molecular complexity index is 1450. The van der Waals surface area contributed by atoms with Crippen molar-refractivity contribution in [3.63, 3.8) is 0 Å². The van der Waals surface area contributed by atoms with Crippen LogP contribution in [0.1, 0.15) is 49.4 Å². The highest BCUT2D eigenvalue weighted by molar-refractivity contribution is 5.91. The zero-order chi connectivity index (χ0) is 27.0. The second-order valence-corrected chi connectivity index (χ2v) is 11.3. The molecule has 0 N–H and O–H groups in total. The Kier molecular flexibility index (Phi) is 6.81. The van der Waals surface area contributed by atoms with Crippen LogP contribution in [0, 0.1) is 6.92 Å². The number of piperidine rings is 1. The molecule has 1 amide bonds. The van der Waals surface area contributed by atoms with Crippen molar-refractivity contribution in [2.24, 2.45) is 0 Å². The van der Waals surface area contributed by atoms with Gasteiger partial charge in [0.2, 0.25) is 0 Å². The normalized spacial score (nSPS) is 17.3. The quantitative estimate of drug-likeness (QED) is 0.259. The summed E-state index contributed by atoms with van der Waals surface area (Å²) in [7, 11) is 0. The molecule has 6 rings (SSSR count). The predicted octanol–water partition coefficient (Wildman–Crippen LogP) is 7.10. The molecule has 0 radical (unpaired) electrons. The Balaban J connectivity index is 1.18. The number of benzene rings is 3. The van der Waals surface area contributed by atoms with Gasteiger partial charge in [-0.05, 0) is 56.2 Å². The van der Waals surface area contributed by atoms with E-state index >= 15 is 0 Å². The van der Waals surface area contributed by atoms with E-state index in [1.165, 1.54) is 22.0 Å². The number of ether oxygens (including phenoxy) is 2. The molecule has 1 spiro atoms. The van der Waals surface area contributed by atoms with E-state index in [1.807, 2.05) is 42.5 Å². The number of hydrogen-bond donors (Lipinski definition) is 0. The van der Waals surface area contributed by atoms with Gasteiger partial charge in [0.25, 0.3) is 0 Å². The lowest BCUT2D eigenvalue weighted by molar-refractivity contribution is -0.000900. The molecule has 0 saturated carbocycles. The topological polar surface area (TPSA) is 46.9 Å². The largest absolute Gasteiger partial charge is 0.488 e. The Hall–Kier alpha value is -3.77. The summed E-state index contributed by atoms with van der Waals surface area (Å²) < 4.78 is 14.8. The first-order valence-corrected chi connectivity index (χ1v) is 14.0. The van der Waals surface area contributed by atoms with Crippen LogP contribution in [0.25, 0.3) is 10.9 Å². The molecular formula is C33H37N3O3. The number of aromatic nitrogens is 1. The summed E-state index contributed by atoms with van der Waals surface area (Å²) in [6, 6.07) is 25.1. The highest BCUT2D eigenvalue weighted by Gasteiger charge is 2.47. The number of carbonyl (C=O) groups is 1. The first kappa shape index (κ1) is 25.5. The van der Waals surface area contributed by atoms with E-state index in [0.29, 0.717) is 19.2 Å². The van der Waals surface area contributed by atoms with E-state index in [0.717, 1.165) is 49.5 Å². The number of likely N-dealkylation sites (tertiary alicyclic amines) is 1. The molecule has 2 aliphatic rings. The highest BCUT2D eigenvalue weighted by Crippen LogP contribution is 2.38. The van der Waals surface area contributed by atoms with Crippen molar-refractivity contribution in [3.8, 4) is 5.75 Å². The zero-order valence-electron chi connectivity index (χ0n) is 23.1. The fraction of sp³-hybridized carbons (Fsp3) is 0.364. The maximum absolute atomic E-state index is 12.8. The van der Waals surface area contributed by atoms with Gasteiger partial charge in [-0.1, -0.05) is 54.1 Å². The molecule has 0 bridgehead atoms. The molecule has 0 unspecified atom stereocenters. The summed E-state index contributed by atoms with van der Waals surface area (Å²) in [5.74, 6) is 0.928. The van der Waals surface area contributed by atoms with Gasteiger partial charge in [-0.15, -0.1) is 0 Å². The summed E-state index contributed by atoms with van der Waals surface area (Å²) in [5, 5.41) is 1.19. The fourth-order valence-corrected chi connectivity index (χ4v) is 5.93. The third-order valence-electron chi connectivity index (χ3n) is 8.17. The van der Waals surface area contributed by atoms with Crippen LogP contribution in [0.3, 0.4) is 0 Å². The third-order valence-corrected chi connectivity index (χ3v) is 8.17. The third kappa shape index (κ3) is 5.13. The highest BCUT2D eigenvalue weighted by atomic mass is 16.6. The van der Waals surface area contributed by atoms with Crippen LogP contribution >= 0.6 is 0 Å². The molecule has 202 valence electrons. The number of amides is 1. The van der Waals surface area contributed by atoms with Crippen LogP contribution in [0.15, 0.2) is 79.0 Å². The number of hydrogen-bond acceptors (Lipinski definition) is 4. The molecule has 2 aliphatic heterocycles. The van der Waals surface area contributed by atoms with Crippen LogP contribution in [0.4, 0.5) is 10.5 Å². The smallest absolute Gasteiger partial charge is 0.415 e. The summed E-state index contributed by atoms with van der Waals surface area (Å²) >= 11 is 0. The van der Waals surface area contributed by atoms with Crippen molar-refractivity contribution in [2.75, 3.05) is 24.5 Å². The molecule has 39 heavy (non-hydrogen) atoms. The number of rotatable bonds is 7. The van der Waals surface area contributed by atoms with Crippen molar-refractivity contribution in [1.82, 2.24) is 9.47 Å². The molecule has 2 fully saturated rings. The second-order valence-electron chi connectivity index (χ2n) is 11.3. The summed E-state index contributed by atoms with van der Waals surface area (Å²) in [6.45, 7) is 10.3. The van der Waals surface area contributed by atoms with Crippen LogP contribution in [-0.2, 0) is 17.9 Å². The van der Waals surface area contributed by atoms with Crippen LogP contribution < -0.4 is 9.64 Å². The van der Waals surface area contributed by atoms with E-state index in [1.54, 1.807) is 4.90 Å². The minimum Gasteiger partial charge on any atom is -0.488 e. The van der Waals surface area contributed by atoms with Crippen molar-refractivity contribution in [2.45, 2.75) is 58.4 Å². The van der Waals surface area contributed by atoms with Gasteiger partial charge < -0.3 is 14.0 Å². The van der Waals surface area contributed by atoms with Gasteiger partial charge in [-0.25, -0.2) is 4.79 Å². The van der Waals surface area contributed by atoms with E-state index in [-0.39, 0.29) is 6.09 Å². The van der Waals surface area contributed by atoms with Gasteiger partial charge in [0, 0.05) is 55.8 Å². The molecule has 4 aromatic rings. The average molecular weight is 524 g/mol. The standard InChI is InChI=1S/C33H37N3O3/c1-24(2)35-21-27(31-29(35)10-7-11-30(31)38-22-26-8-5-4-6-9-26)20-34-18-16-33(17-19-34)23-36(32(37)39-33)28-14-12-25(3)13-15-28/h4-15,21,24H,16-20,22-23H2,1-3H3. The van der Waals surface area contributed by atoms with E-state index in [9.17, 15) is 4.79 Å². The number of nitrogens with zero attached hydrogens (tertiary/aromatic N) is 3. The molecule has 1 aromatic heterocycles. The molecule has 2 saturated heterocycles. The van der Waals surface area contributed by atoms with Crippen LogP contribution in [0.5, 0.6) is 5.75 Å². The molecule has 6 nitrogen and oxygen atoms in total. The first-order valence-electron chi connectivity index (χ1n) is 14.0. The Morgan fingerprint density at radius 2 is 1.69 bits per heavy atom. The fourth-order valence-electron chi connectivity index (χ4n) is 5.93. The maximum atomic E-state index is 12.8. The van der Waals surface area contributed by atoms with Crippen molar-refractivity contribution in [1.29, 1.82) is 0 Å². The number of fused-ring (bicyclic) bond motifs is 1. The van der Waals surface area contributed by atoms with Crippen molar-refractivity contribution < 1.29 is 14.3 Å². The van der Waals surface area contributed by atoms with Gasteiger partial charge in [0.15, 0.2) is 0 Å². The molecule has 0 atom stereocenters. The monoisotopic (exact) mass is 523 g/mol. The Labute approximate surface area is 230 Å². The van der Waals surface area contributed by atoms with Crippen LogP contribution in [-0.4, -0.2) is 40.8 Å². The van der Waals surface area contributed by atoms with Gasteiger partial charge in [-0.3, -0.25) is 9.80 Å². The molecule has 6 heteroatoms. The minimum atomic E-state index is -0.408. The number of aryl methyl sites for hydroxylation is 1. The minimum absolute atomic E-state index is 0.229. The molecular weight excluding hydrogens is 486 g/mol. The number of carbonyl (C=O) groups excluding carboxylic acids is 1. The summed E-state index contributed by atoms with van der Waals surface area (Å²) in [4.78, 5) is 17.1. The van der Waals surface area contributed by atoms with Gasteiger partial charge in [-0.2, -0.15) is 0 Å². The second kappa shape index (κ2) is 10.4. The number of anilines is 1. The van der Waals surface area contributed by atoms with E-state index in [2.05, 4.69) is 66.8 Å². The lowest BCUT2D eigenvalue weighted by Crippen LogP contribution is -2.46. The molecule has 3 heterocycles. The van der Waals surface area contributed by atoms with Crippen molar-refractivity contribution in [3.05, 3.63) is 95.7 Å². The molecule has 3 aromatic carbocycles. The Morgan fingerprint density at radius 3 is 2.41 bits per heavy atom. The zero-order valence-corrected chi connectivity index (χ0v) is 23.1.